The lowest BCUT2D eigenvalue weighted by atomic mass is 10.0. The first kappa shape index (κ1) is 19.9. The number of thiazole rings is 1. The van der Waals surface area contributed by atoms with Gasteiger partial charge in [-0.25, -0.2) is 4.98 Å². The van der Waals surface area contributed by atoms with Gasteiger partial charge in [0.2, 0.25) is 5.91 Å². The highest BCUT2D eigenvalue weighted by molar-refractivity contribution is 7.19. The average Bonchev–Trinajstić information content (AvgIpc) is 3.01. The summed E-state index contributed by atoms with van der Waals surface area (Å²) in [5.74, 6) is 0.227. The topological polar surface area (TPSA) is 51.7 Å². The van der Waals surface area contributed by atoms with Crippen LogP contribution in [0.4, 0.5) is 5.13 Å². The van der Waals surface area contributed by atoms with E-state index in [-0.39, 0.29) is 17.5 Å². The quantitative estimate of drug-likeness (QED) is 0.843. The monoisotopic (exact) mass is 399 g/mol. The van der Waals surface area contributed by atoms with Crippen molar-refractivity contribution in [2.24, 2.45) is 0 Å². The Hall–Kier alpha value is -0.890. The third kappa shape index (κ3) is 4.32. The standard InChI is InChI=1S/C18H30ClN5OS/c1-5-13-15(19)26-17(21-13)23-10-8-22(9-11-23)16(25)14-12-24(7-6-20-14)18(2,3)4/h14,20H,5-12H2,1-4H3/t14-/m1/s1. The molecule has 1 aromatic heterocycles. The third-order valence-electron chi connectivity index (χ3n) is 5.26. The Morgan fingerprint density at radius 3 is 2.54 bits per heavy atom. The van der Waals surface area contributed by atoms with Crippen LogP contribution >= 0.6 is 22.9 Å². The zero-order valence-corrected chi connectivity index (χ0v) is 17.8. The molecule has 1 aromatic rings. The molecule has 0 spiro atoms. The van der Waals surface area contributed by atoms with Crippen molar-refractivity contribution in [3.8, 4) is 0 Å². The van der Waals surface area contributed by atoms with E-state index in [1.54, 1.807) is 11.3 Å². The third-order valence-corrected chi connectivity index (χ3v) is 6.65. The van der Waals surface area contributed by atoms with Crippen molar-refractivity contribution in [3.63, 3.8) is 0 Å². The van der Waals surface area contributed by atoms with Gasteiger partial charge in [-0.05, 0) is 27.2 Å². The highest BCUT2D eigenvalue weighted by Gasteiger charge is 2.34. The van der Waals surface area contributed by atoms with Gasteiger partial charge in [0, 0.05) is 51.4 Å². The number of halogens is 1. The van der Waals surface area contributed by atoms with Gasteiger partial charge in [0.1, 0.15) is 4.34 Å². The van der Waals surface area contributed by atoms with Crippen molar-refractivity contribution < 1.29 is 4.79 Å². The number of carbonyl (C=O) groups excluding carboxylic acids is 1. The molecule has 6 nitrogen and oxygen atoms in total. The van der Waals surface area contributed by atoms with E-state index >= 15 is 0 Å². The zero-order valence-electron chi connectivity index (χ0n) is 16.2. The second-order valence-corrected chi connectivity index (χ2v) is 9.59. The van der Waals surface area contributed by atoms with Crippen molar-refractivity contribution in [3.05, 3.63) is 10.0 Å². The molecule has 0 bridgehead atoms. The summed E-state index contributed by atoms with van der Waals surface area (Å²) in [6.45, 7) is 14.5. The van der Waals surface area contributed by atoms with E-state index in [9.17, 15) is 4.79 Å². The molecule has 26 heavy (non-hydrogen) atoms. The smallest absolute Gasteiger partial charge is 0.241 e. The number of rotatable bonds is 3. The van der Waals surface area contributed by atoms with Crippen molar-refractivity contribution in [1.82, 2.24) is 20.1 Å². The Balaban J connectivity index is 1.56. The minimum Gasteiger partial charge on any atom is -0.344 e. The minimum absolute atomic E-state index is 0.0976. The Labute approximate surface area is 165 Å². The summed E-state index contributed by atoms with van der Waals surface area (Å²) in [6.07, 6.45) is 0.853. The number of aromatic nitrogens is 1. The summed E-state index contributed by atoms with van der Waals surface area (Å²) in [7, 11) is 0. The predicted octanol–water partition coefficient (Wildman–Crippen LogP) is 2.08. The van der Waals surface area contributed by atoms with E-state index in [0.717, 1.165) is 67.4 Å². The first-order chi connectivity index (χ1) is 12.3. The molecule has 1 amide bonds. The van der Waals surface area contributed by atoms with Crippen LogP contribution in [-0.4, -0.2) is 78.1 Å². The lowest BCUT2D eigenvalue weighted by Gasteiger charge is -2.43. The van der Waals surface area contributed by atoms with Crippen LogP contribution in [0.2, 0.25) is 4.34 Å². The molecular weight excluding hydrogens is 370 g/mol. The van der Waals surface area contributed by atoms with Gasteiger partial charge in [-0.3, -0.25) is 9.69 Å². The molecule has 3 heterocycles. The highest BCUT2D eigenvalue weighted by Crippen LogP contribution is 2.31. The summed E-state index contributed by atoms with van der Waals surface area (Å²) < 4.78 is 0.787. The Morgan fingerprint density at radius 2 is 1.96 bits per heavy atom. The van der Waals surface area contributed by atoms with Crippen LogP contribution in [0.25, 0.3) is 0 Å². The highest BCUT2D eigenvalue weighted by atomic mass is 35.5. The van der Waals surface area contributed by atoms with Crippen molar-refractivity contribution in [2.45, 2.75) is 45.7 Å². The van der Waals surface area contributed by atoms with E-state index in [1.165, 1.54) is 0 Å². The van der Waals surface area contributed by atoms with Crippen LogP contribution in [0.3, 0.4) is 0 Å². The Morgan fingerprint density at radius 1 is 1.27 bits per heavy atom. The maximum Gasteiger partial charge on any atom is 0.241 e. The molecule has 0 aromatic carbocycles. The molecule has 2 aliphatic rings. The van der Waals surface area contributed by atoms with Gasteiger partial charge in [-0.2, -0.15) is 0 Å². The first-order valence-electron chi connectivity index (χ1n) is 9.47. The number of nitrogens with one attached hydrogen (secondary N) is 1. The molecule has 1 atom stereocenters. The van der Waals surface area contributed by atoms with Crippen molar-refractivity contribution >= 4 is 34.0 Å². The fourth-order valence-electron chi connectivity index (χ4n) is 3.54. The molecule has 8 heteroatoms. The van der Waals surface area contributed by atoms with Gasteiger partial charge >= 0.3 is 0 Å². The molecule has 2 aliphatic heterocycles. The van der Waals surface area contributed by atoms with Crippen LogP contribution in [0.1, 0.15) is 33.4 Å². The summed E-state index contributed by atoms with van der Waals surface area (Å²) in [5.41, 5.74) is 1.07. The minimum atomic E-state index is -0.101. The van der Waals surface area contributed by atoms with Crippen LogP contribution in [0.15, 0.2) is 0 Å². The summed E-state index contributed by atoms with van der Waals surface area (Å²) in [4.78, 5) is 24.2. The lowest BCUT2D eigenvalue weighted by Crippen LogP contribution is -2.63. The molecule has 1 N–H and O–H groups in total. The maximum absolute atomic E-state index is 13.0. The van der Waals surface area contributed by atoms with Crippen LogP contribution in [0.5, 0.6) is 0 Å². The second kappa shape index (κ2) is 8.00. The second-order valence-electron chi connectivity index (χ2n) is 8.01. The van der Waals surface area contributed by atoms with Crippen LogP contribution in [-0.2, 0) is 11.2 Å². The van der Waals surface area contributed by atoms with Gasteiger partial charge < -0.3 is 15.1 Å². The number of nitrogens with zero attached hydrogens (tertiary/aromatic N) is 4. The number of amides is 1. The predicted molar refractivity (Wildman–Crippen MR) is 108 cm³/mol. The van der Waals surface area contributed by atoms with Gasteiger partial charge in [-0.1, -0.05) is 29.9 Å². The SMILES string of the molecule is CCc1nc(N2CCN(C(=O)[C@H]3CN(C(C)(C)C)CCN3)CC2)sc1Cl. The number of hydrogen-bond donors (Lipinski definition) is 1. The van der Waals surface area contributed by atoms with Crippen molar-refractivity contribution in [1.29, 1.82) is 0 Å². The van der Waals surface area contributed by atoms with Gasteiger partial charge in [-0.15, -0.1) is 0 Å². The molecule has 0 aliphatic carbocycles. The Kier molecular flexibility index (Phi) is 6.11. The summed E-state index contributed by atoms with van der Waals surface area (Å²) in [6, 6.07) is -0.101. The van der Waals surface area contributed by atoms with E-state index < -0.39 is 0 Å². The van der Waals surface area contributed by atoms with E-state index in [0.29, 0.717) is 0 Å². The zero-order chi connectivity index (χ0) is 18.9. The molecular formula is C18H30ClN5OS. The largest absolute Gasteiger partial charge is 0.344 e. The fourth-order valence-corrected chi connectivity index (χ4v) is 4.86. The number of aryl methyl sites for hydroxylation is 1. The molecule has 0 radical (unpaired) electrons. The molecule has 2 saturated heterocycles. The fraction of sp³-hybridized carbons (Fsp3) is 0.778. The van der Waals surface area contributed by atoms with E-state index in [4.69, 9.17) is 11.6 Å². The molecule has 2 fully saturated rings. The van der Waals surface area contributed by atoms with Gasteiger partial charge in [0.15, 0.2) is 5.13 Å². The summed E-state index contributed by atoms with van der Waals surface area (Å²) >= 11 is 7.79. The number of carbonyl (C=O) groups is 1. The Bertz CT molecular complexity index is 636. The molecule has 0 unspecified atom stereocenters. The van der Waals surface area contributed by atoms with Crippen LogP contribution in [0, 0.1) is 0 Å². The molecule has 3 rings (SSSR count). The maximum atomic E-state index is 13.0. The number of piperazine rings is 2. The number of hydrogen-bond acceptors (Lipinski definition) is 6. The molecule has 0 saturated carbocycles. The molecule has 146 valence electrons. The van der Waals surface area contributed by atoms with Crippen LogP contribution < -0.4 is 10.2 Å². The average molecular weight is 400 g/mol. The van der Waals surface area contributed by atoms with E-state index in [1.807, 2.05) is 4.90 Å². The van der Waals surface area contributed by atoms with Crippen molar-refractivity contribution in [2.75, 3.05) is 50.7 Å². The van der Waals surface area contributed by atoms with E-state index in [2.05, 4.69) is 47.8 Å². The normalized spacial score (nSPS) is 22.7. The van der Waals surface area contributed by atoms with Gasteiger partial charge in [0.25, 0.3) is 0 Å². The lowest BCUT2D eigenvalue weighted by molar-refractivity contribution is -0.135. The first-order valence-corrected chi connectivity index (χ1v) is 10.7. The summed E-state index contributed by atoms with van der Waals surface area (Å²) in [5, 5.41) is 4.39. The number of anilines is 1. The van der Waals surface area contributed by atoms with Gasteiger partial charge in [0.05, 0.1) is 11.7 Å².